The summed E-state index contributed by atoms with van der Waals surface area (Å²) < 4.78 is 6.14. The van der Waals surface area contributed by atoms with Crippen molar-refractivity contribution in [2.24, 2.45) is 11.8 Å². The summed E-state index contributed by atoms with van der Waals surface area (Å²) in [6.07, 6.45) is 12.4. The maximum Gasteiger partial charge on any atom is 0.123 e. The van der Waals surface area contributed by atoms with Crippen LogP contribution in [0.2, 0.25) is 19.6 Å². The van der Waals surface area contributed by atoms with Crippen molar-refractivity contribution in [1.29, 1.82) is 0 Å². The maximum absolute atomic E-state index is 6.14. The van der Waals surface area contributed by atoms with Crippen molar-refractivity contribution < 1.29 is 24.5 Å². The first-order valence-electron chi connectivity index (χ1n) is 19.5. The van der Waals surface area contributed by atoms with Crippen LogP contribution in [0.1, 0.15) is 69.9 Å². The largest absolute Gasteiger partial charge is 0.477 e. The van der Waals surface area contributed by atoms with Crippen LogP contribution in [-0.4, -0.2) is 18.0 Å². The first-order valence-corrected chi connectivity index (χ1v) is 23.0. The summed E-state index contributed by atoms with van der Waals surface area (Å²) >= 11 is 0. The van der Waals surface area contributed by atoms with Gasteiger partial charge in [0.25, 0.3) is 0 Å². The number of rotatable bonds is 8. The third-order valence-electron chi connectivity index (χ3n) is 11.1. The van der Waals surface area contributed by atoms with Gasteiger partial charge >= 0.3 is 0 Å². The zero-order valence-corrected chi connectivity index (χ0v) is 36.0. The minimum atomic E-state index is -1.36. The van der Waals surface area contributed by atoms with Gasteiger partial charge in [-0.15, -0.1) is 53.6 Å². The van der Waals surface area contributed by atoms with Crippen molar-refractivity contribution in [3.8, 4) is 33.6 Å². The van der Waals surface area contributed by atoms with E-state index in [0.717, 1.165) is 50.4 Å². The molecule has 7 aromatic rings. The number of aromatic nitrogens is 2. The van der Waals surface area contributed by atoms with Crippen LogP contribution in [0.15, 0.2) is 120 Å². The average Bonchev–Trinajstić information content (AvgIpc) is 3.56. The number of fused-ring (bicyclic) bond motifs is 3. The van der Waals surface area contributed by atoms with Crippen molar-refractivity contribution >= 4 is 35.2 Å². The van der Waals surface area contributed by atoms with Crippen molar-refractivity contribution in [1.82, 2.24) is 9.97 Å². The number of hydrogen-bond donors (Lipinski definition) is 0. The Kier molecular flexibility index (Phi) is 12.8. The zero-order chi connectivity index (χ0) is 37.0. The van der Waals surface area contributed by atoms with Crippen molar-refractivity contribution in [2.45, 2.75) is 84.9 Å². The molecule has 279 valence electrons. The maximum atomic E-state index is 6.14. The Morgan fingerprint density at radius 2 is 1.50 bits per heavy atom. The smallest absolute Gasteiger partial charge is 0.123 e. The summed E-state index contributed by atoms with van der Waals surface area (Å²) in [5.41, 5.74) is 11.0. The molecular weight excluding hydrogens is 853 g/mol. The van der Waals surface area contributed by atoms with Crippen molar-refractivity contribution in [3.05, 3.63) is 139 Å². The Bertz CT molecular complexity index is 2290. The van der Waals surface area contributed by atoms with Gasteiger partial charge in [0, 0.05) is 32.5 Å². The second kappa shape index (κ2) is 17.5. The zero-order valence-electron chi connectivity index (χ0n) is 32.6. The molecule has 3 aromatic heterocycles. The molecular formula is C49H52IrN2OSi-2. The van der Waals surface area contributed by atoms with Crippen LogP contribution in [0.3, 0.4) is 0 Å². The monoisotopic (exact) mass is 905 g/mol. The second-order valence-corrected chi connectivity index (χ2v) is 21.3. The van der Waals surface area contributed by atoms with Crippen LogP contribution in [0.4, 0.5) is 0 Å². The van der Waals surface area contributed by atoms with Crippen LogP contribution in [0, 0.1) is 24.0 Å². The molecule has 3 heterocycles. The van der Waals surface area contributed by atoms with E-state index in [9.17, 15) is 0 Å². The van der Waals surface area contributed by atoms with Crippen LogP contribution in [-0.2, 0) is 26.5 Å². The molecule has 1 radical (unpaired) electrons. The minimum absolute atomic E-state index is 0. The van der Waals surface area contributed by atoms with E-state index >= 15 is 0 Å². The molecule has 0 spiro atoms. The summed E-state index contributed by atoms with van der Waals surface area (Å²) in [5.74, 6) is 1.94. The summed E-state index contributed by atoms with van der Waals surface area (Å²) in [4.78, 5) is 9.37. The number of benzene rings is 4. The van der Waals surface area contributed by atoms with Crippen LogP contribution in [0.25, 0.3) is 55.6 Å². The molecule has 1 fully saturated rings. The molecule has 1 aliphatic carbocycles. The predicted molar refractivity (Wildman–Crippen MR) is 226 cm³/mol. The second-order valence-electron chi connectivity index (χ2n) is 16.3. The van der Waals surface area contributed by atoms with E-state index in [1.807, 2.05) is 30.5 Å². The molecule has 54 heavy (non-hydrogen) atoms. The Hall–Kier alpha value is -4.15. The van der Waals surface area contributed by atoms with E-state index in [0.29, 0.717) is 11.8 Å². The number of furan rings is 1. The Morgan fingerprint density at radius 1 is 0.741 bits per heavy atom. The molecule has 1 atom stereocenters. The van der Waals surface area contributed by atoms with Gasteiger partial charge in [0.05, 0.1) is 13.7 Å². The molecule has 0 N–H and O–H groups in total. The van der Waals surface area contributed by atoms with E-state index in [2.05, 4.69) is 143 Å². The standard InChI is InChI=1S/C28H24NO.C21H28NSi.Ir/c1-18(2)19(3)21-13-14-29-26(16-21)23-9-11-24-25-15-22(20-7-5-4-6-8-20)10-12-27(25)30-28(24)17-23;1-23(2,3)21-16-22-20(18-12-8-5-9-13-18)15-19(21)14-17-10-6-4-7-11-17;/h4-16,18-19H,1-3H3;5,8-9,12,15-17H,4,6-7,10-11,14H2,1-3H3;/q2*-1;. The molecule has 5 heteroatoms. The summed E-state index contributed by atoms with van der Waals surface area (Å²) in [6.45, 7) is 14.1. The number of hydrogen-bond acceptors (Lipinski definition) is 3. The average molecular weight is 905 g/mol. The van der Waals surface area contributed by atoms with Crippen LogP contribution < -0.4 is 5.19 Å². The van der Waals surface area contributed by atoms with Gasteiger partial charge in [-0.2, -0.15) is 0 Å². The van der Waals surface area contributed by atoms with Gasteiger partial charge in [0.1, 0.15) is 5.58 Å². The molecule has 3 nitrogen and oxygen atoms in total. The minimum Gasteiger partial charge on any atom is -0.477 e. The summed E-state index contributed by atoms with van der Waals surface area (Å²) in [5, 5.41) is 3.74. The Morgan fingerprint density at radius 3 is 2.22 bits per heavy atom. The quantitative estimate of drug-likeness (QED) is 0.113. The third kappa shape index (κ3) is 9.20. The fourth-order valence-electron chi connectivity index (χ4n) is 7.67. The fourth-order valence-corrected chi connectivity index (χ4v) is 9.26. The van der Waals surface area contributed by atoms with Crippen molar-refractivity contribution in [3.63, 3.8) is 0 Å². The van der Waals surface area contributed by atoms with Gasteiger partial charge in [-0.3, -0.25) is 0 Å². The normalized spacial score (nSPS) is 14.1. The number of nitrogens with zero attached hydrogens (tertiary/aromatic N) is 2. The van der Waals surface area contributed by atoms with Crippen LogP contribution in [0.5, 0.6) is 0 Å². The summed E-state index contributed by atoms with van der Waals surface area (Å²) in [7, 11) is -1.36. The fraction of sp³-hybridized carbons (Fsp3) is 0.306. The Balaban J connectivity index is 0.000000187. The topological polar surface area (TPSA) is 38.9 Å². The van der Waals surface area contributed by atoms with Gasteiger partial charge in [-0.1, -0.05) is 150 Å². The van der Waals surface area contributed by atoms with E-state index in [1.54, 1.807) is 10.8 Å². The van der Waals surface area contributed by atoms with E-state index in [1.165, 1.54) is 55.2 Å². The van der Waals surface area contributed by atoms with Gasteiger partial charge in [0.15, 0.2) is 0 Å². The van der Waals surface area contributed by atoms with Gasteiger partial charge in [-0.05, 0) is 69.4 Å². The van der Waals surface area contributed by atoms with E-state index < -0.39 is 8.07 Å². The van der Waals surface area contributed by atoms with Gasteiger partial charge in [-0.25, -0.2) is 0 Å². The van der Waals surface area contributed by atoms with Gasteiger partial charge in [0.2, 0.25) is 0 Å². The molecule has 1 unspecified atom stereocenters. The van der Waals surface area contributed by atoms with E-state index in [-0.39, 0.29) is 20.1 Å². The first kappa shape index (κ1) is 39.5. The molecule has 8 rings (SSSR count). The number of pyridine rings is 2. The Labute approximate surface area is 337 Å². The third-order valence-corrected chi connectivity index (χ3v) is 13.2. The molecule has 4 aromatic carbocycles. The molecule has 0 aliphatic heterocycles. The van der Waals surface area contributed by atoms with Crippen LogP contribution >= 0.6 is 0 Å². The van der Waals surface area contributed by atoms with E-state index in [4.69, 9.17) is 9.40 Å². The first-order chi connectivity index (χ1) is 25.6. The molecule has 1 saturated carbocycles. The van der Waals surface area contributed by atoms with Gasteiger partial charge < -0.3 is 14.4 Å². The molecule has 0 bridgehead atoms. The van der Waals surface area contributed by atoms with Crippen molar-refractivity contribution in [2.75, 3.05) is 0 Å². The molecule has 1 aliphatic rings. The molecule has 0 saturated heterocycles. The SMILES string of the molecule is CC(C)C(C)c1ccnc(-c2[c-]c3oc4ccc(-c5ccccc5)cc4c3cc2)c1.C[Si](C)(C)c1cnc(-c2[c-]cccc2)cc1CC1CCCCC1.[Ir]. The molecule has 0 amide bonds. The predicted octanol–water partition coefficient (Wildman–Crippen LogP) is 13.1. The summed E-state index contributed by atoms with van der Waals surface area (Å²) in [6, 6.07) is 42.6.